The average Bonchev–Trinajstić information content (AvgIpc) is 3.07. The molecule has 5 heteroatoms. The van der Waals surface area contributed by atoms with E-state index in [-0.39, 0.29) is 11.8 Å². The Morgan fingerprint density at radius 3 is 2.64 bits per heavy atom. The summed E-state index contributed by atoms with van der Waals surface area (Å²) in [5.74, 6) is 0.865. The van der Waals surface area contributed by atoms with E-state index in [1.807, 2.05) is 30.5 Å². The van der Waals surface area contributed by atoms with Gasteiger partial charge in [0.2, 0.25) is 5.91 Å². The number of carbonyl (C=O) groups excluding carboxylic acids is 1. The van der Waals surface area contributed by atoms with E-state index in [1.165, 1.54) is 10.9 Å². The lowest BCUT2D eigenvalue weighted by atomic mass is 9.91. The summed E-state index contributed by atoms with van der Waals surface area (Å²) >= 11 is 0. The van der Waals surface area contributed by atoms with Crippen LogP contribution in [-0.2, 0) is 4.79 Å². The molecule has 0 spiro atoms. The van der Waals surface area contributed by atoms with Crippen LogP contribution in [0.5, 0.6) is 5.75 Å². The number of benzene rings is 2. The van der Waals surface area contributed by atoms with Gasteiger partial charge in [0.1, 0.15) is 5.75 Å². The van der Waals surface area contributed by atoms with Crippen LogP contribution in [0, 0.1) is 0 Å². The second-order valence-electron chi connectivity index (χ2n) is 5.95. The van der Waals surface area contributed by atoms with E-state index in [9.17, 15) is 4.79 Å². The molecule has 0 saturated carbocycles. The number of amides is 1. The zero-order chi connectivity index (χ0) is 17.6. The van der Waals surface area contributed by atoms with Gasteiger partial charge in [-0.05, 0) is 36.4 Å². The fraction of sp³-hybridized carbons (Fsp3) is 0.250. The molecule has 3 aromatic rings. The van der Waals surface area contributed by atoms with Gasteiger partial charge in [-0.15, -0.1) is 0 Å². The van der Waals surface area contributed by atoms with Gasteiger partial charge >= 0.3 is 0 Å². The number of methoxy groups -OCH3 is 1. The third-order valence-electron chi connectivity index (χ3n) is 4.36. The number of H-pyrrole nitrogens is 1. The second-order valence-corrected chi connectivity index (χ2v) is 5.95. The van der Waals surface area contributed by atoms with Crippen LogP contribution in [0.4, 0.5) is 0 Å². The van der Waals surface area contributed by atoms with Crippen molar-refractivity contribution in [2.45, 2.75) is 5.92 Å². The molecule has 0 radical (unpaired) electrons. The molecule has 1 atom stereocenters. The number of aromatic nitrogens is 1. The first-order valence-corrected chi connectivity index (χ1v) is 8.34. The van der Waals surface area contributed by atoms with Gasteiger partial charge < -0.3 is 20.4 Å². The lowest BCUT2D eigenvalue weighted by Gasteiger charge is -2.18. The molecule has 1 amide bonds. The predicted molar refractivity (Wildman–Crippen MR) is 100 cm³/mol. The van der Waals surface area contributed by atoms with Gasteiger partial charge in [-0.2, -0.15) is 0 Å². The topological polar surface area (TPSA) is 66.2 Å². The van der Waals surface area contributed by atoms with Gasteiger partial charge in [0.15, 0.2) is 0 Å². The highest BCUT2D eigenvalue weighted by Gasteiger charge is 2.19. The average molecular weight is 337 g/mol. The lowest BCUT2D eigenvalue weighted by molar-refractivity contribution is -0.120. The summed E-state index contributed by atoms with van der Waals surface area (Å²) in [4.78, 5) is 15.2. The quantitative estimate of drug-likeness (QED) is 0.621. The molecule has 2 aromatic carbocycles. The summed E-state index contributed by atoms with van der Waals surface area (Å²) in [7, 11) is 3.42. The minimum absolute atomic E-state index is 0.0131. The predicted octanol–water partition coefficient (Wildman–Crippen LogP) is 2.64. The zero-order valence-corrected chi connectivity index (χ0v) is 14.5. The maximum Gasteiger partial charge on any atom is 0.233 e. The number of nitrogens with one attached hydrogen (secondary N) is 3. The molecule has 0 aliphatic carbocycles. The van der Waals surface area contributed by atoms with Crippen LogP contribution in [0.25, 0.3) is 10.9 Å². The number of para-hydroxylation sites is 1. The molecule has 1 unspecified atom stereocenters. The second kappa shape index (κ2) is 7.85. The molecule has 25 heavy (non-hydrogen) atoms. The number of hydrogen-bond donors (Lipinski definition) is 3. The first-order chi connectivity index (χ1) is 12.2. The van der Waals surface area contributed by atoms with Crippen molar-refractivity contribution in [3.05, 3.63) is 65.9 Å². The van der Waals surface area contributed by atoms with Crippen molar-refractivity contribution in [3.8, 4) is 5.75 Å². The van der Waals surface area contributed by atoms with E-state index in [0.717, 1.165) is 16.8 Å². The molecule has 0 aliphatic rings. The monoisotopic (exact) mass is 337 g/mol. The van der Waals surface area contributed by atoms with Crippen molar-refractivity contribution in [1.29, 1.82) is 0 Å². The number of ether oxygens (including phenoxy) is 1. The van der Waals surface area contributed by atoms with Crippen molar-refractivity contribution < 1.29 is 9.53 Å². The van der Waals surface area contributed by atoms with E-state index in [4.69, 9.17) is 4.74 Å². The Morgan fingerprint density at radius 1 is 1.16 bits per heavy atom. The minimum atomic E-state index is -0.0131. The van der Waals surface area contributed by atoms with Crippen molar-refractivity contribution in [2.75, 3.05) is 27.2 Å². The van der Waals surface area contributed by atoms with Gasteiger partial charge in [-0.25, -0.2) is 0 Å². The van der Waals surface area contributed by atoms with E-state index >= 15 is 0 Å². The van der Waals surface area contributed by atoms with Crippen molar-refractivity contribution in [3.63, 3.8) is 0 Å². The summed E-state index contributed by atoms with van der Waals surface area (Å²) in [5.41, 5.74) is 3.40. The Hall–Kier alpha value is -2.79. The summed E-state index contributed by atoms with van der Waals surface area (Å²) in [6.45, 7) is 0.845. The maximum atomic E-state index is 11.9. The van der Waals surface area contributed by atoms with Crippen molar-refractivity contribution in [1.82, 2.24) is 15.6 Å². The molecule has 0 aliphatic heterocycles. The molecule has 1 aromatic heterocycles. The third kappa shape index (κ3) is 3.83. The van der Waals surface area contributed by atoms with Gasteiger partial charge in [-0.3, -0.25) is 4.79 Å². The summed E-state index contributed by atoms with van der Waals surface area (Å²) in [5, 5.41) is 7.07. The molecule has 3 rings (SSSR count). The number of likely N-dealkylation sites (N-methyl/N-ethyl adjacent to an activating group) is 1. The van der Waals surface area contributed by atoms with Crippen molar-refractivity contribution in [2.24, 2.45) is 0 Å². The van der Waals surface area contributed by atoms with Gasteiger partial charge in [0.25, 0.3) is 0 Å². The van der Waals surface area contributed by atoms with E-state index < -0.39 is 0 Å². The molecular formula is C20H23N3O2. The van der Waals surface area contributed by atoms with Crippen LogP contribution in [-0.4, -0.2) is 38.1 Å². The molecule has 1 heterocycles. The van der Waals surface area contributed by atoms with Crippen LogP contribution in [0.15, 0.2) is 54.7 Å². The molecule has 0 bridgehead atoms. The van der Waals surface area contributed by atoms with Crippen LogP contribution in [0.2, 0.25) is 0 Å². The highest BCUT2D eigenvalue weighted by molar-refractivity contribution is 5.84. The first-order valence-electron chi connectivity index (χ1n) is 8.34. The largest absolute Gasteiger partial charge is 0.497 e. The van der Waals surface area contributed by atoms with Crippen LogP contribution in [0.1, 0.15) is 17.0 Å². The number of carbonyl (C=O) groups is 1. The summed E-state index contributed by atoms with van der Waals surface area (Å²) < 4.78 is 5.26. The number of rotatable bonds is 7. The number of hydrogen-bond acceptors (Lipinski definition) is 3. The van der Waals surface area contributed by atoms with Gasteiger partial charge in [-0.1, -0.05) is 30.3 Å². The fourth-order valence-corrected chi connectivity index (χ4v) is 3.06. The van der Waals surface area contributed by atoms with Crippen molar-refractivity contribution >= 4 is 16.8 Å². The highest BCUT2D eigenvalue weighted by atomic mass is 16.5. The maximum absolute atomic E-state index is 11.9. The Morgan fingerprint density at radius 2 is 1.92 bits per heavy atom. The molecule has 5 nitrogen and oxygen atoms in total. The first kappa shape index (κ1) is 17.0. The summed E-state index contributed by atoms with van der Waals surface area (Å²) in [6, 6.07) is 16.2. The van der Waals surface area contributed by atoms with E-state index in [0.29, 0.717) is 13.1 Å². The molecule has 3 N–H and O–H groups in total. The van der Waals surface area contributed by atoms with E-state index in [2.05, 4.69) is 39.9 Å². The van der Waals surface area contributed by atoms with E-state index in [1.54, 1.807) is 14.2 Å². The Bertz CT molecular complexity index is 840. The van der Waals surface area contributed by atoms with Gasteiger partial charge in [0.05, 0.1) is 13.7 Å². The molecule has 0 saturated heterocycles. The van der Waals surface area contributed by atoms with Crippen LogP contribution >= 0.6 is 0 Å². The highest BCUT2D eigenvalue weighted by Crippen LogP contribution is 2.31. The Kier molecular flexibility index (Phi) is 5.36. The Balaban J connectivity index is 1.94. The zero-order valence-electron chi connectivity index (χ0n) is 14.5. The molecule has 130 valence electrons. The van der Waals surface area contributed by atoms with Gasteiger partial charge in [0, 0.05) is 29.6 Å². The van der Waals surface area contributed by atoms with Crippen LogP contribution in [0.3, 0.4) is 0 Å². The minimum Gasteiger partial charge on any atom is -0.497 e. The lowest BCUT2D eigenvalue weighted by Crippen LogP contribution is -2.35. The SMILES string of the molecule is CNCC(=O)NCC(c1ccc(OC)cc1)c1c[nH]c2ccccc12. The number of fused-ring (bicyclic) bond motifs is 1. The molecular weight excluding hydrogens is 314 g/mol. The normalized spacial score (nSPS) is 12.1. The van der Waals surface area contributed by atoms with Crippen LogP contribution < -0.4 is 15.4 Å². The standard InChI is InChI=1S/C20H23N3O2/c1-21-13-20(24)23-11-17(14-7-9-15(25-2)10-8-14)18-12-22-19-6-4-3-5-16(18)19/h3-10,12,17,21-22H,11,13H2,1-2H3,(H,23,24). The summed E-state index contributed by atoms with van der Waals surface area (Å²) in [6.07, 6.45) is 2.03. The third-order valence-corrected chi connectivity index (χ3v) is 4.36. The fourth-order valence-electron chi connectivity index (χ4n) is 3.06. The number of aromatic amines is 1. The Labute approximate surface area is 147 Å². The molecule has 0 fully saturated rings. The smallest absolute Gasteiger partial charge is 0.233 e.